The van der Waals surface area contributed by atoms with Crippen molar-refractivity contribution in [2.45, 2.75) is 13.0 Å². The van der Waals surface area contributed by atoms with Crippen LogP contribution in [0.2, 0.25) is 10.0 Å². The molecule has 108 valence electrons. The van der Waals surface area contributed by atoms with Crippen molar-refractivity contribution in [2.24, 2.45) is 0 Å². The number of anilines is 1. The van der Waals surface area contributed by atoms with Gasteiger partial charge in [-0.2, -0.15) is 4.98 Å². The van der Waals surface area contributed by atoms with Crippen LogP contribution in [-0.2, 0) is 13.0 Å². The Morgan fingerprint density at radius 3 is 2.86 bits per heavy atom. The summed E-state index contributed by atoms with van der Waals surface area (Å²) in [6.07, 6.45) is 2.00. The number of nitrogens with zero attached hydrogens (tertiary/aromatic N) is 3. The minimum Gasteiger partial charge on any atom is -0.369 e. The van der Waals surface area contributed by atoms with Gasteiger partial charge in [-0.15, -0.1) is 0 Å². The van der Waals surface area contributed by atoms with E-state index in [1.165, 1.54) is 10.9 Å². The number of nitrogens with one attached hydrogen (secondary N) is 1. The summed E-state index contributed by atoms with van der Waals surface area (Å²) in [6.45, 7) is 0.393. The van der Waals surface area contributed by atoms with Gasteiger partial charge in [0, 0.05) is 6.54 Å². The Balaban J connectivity index is 1.91. The van der Waals surface area contributed by atoms with E-state index in [-0.39, 0.29) is 11.5 Å². The smallest absolute Gasteiger partial charge is 0.280 e. The summed E-state index contributed by atoms with van der Waals surface area (Å²) >= 11 is 11.8. The molecule has 3 aromatic rings. The Morgan fingerprint density at radius 1 is 1.29 bits per heavy atom. The molecule has 3 rings (SSSR count). The summed E-state index contributed by atoms with van der Waals surface area (Å²) in [5, 5.41) is 0.981. The van der Waals surface area contributed by atoms with E-state index >= 15 is 0 Å². The van der Waals surface area contributed by atoms with Crippen molar-refractivity contribution >= 4 is 40.3 Å². The second-order valence-electron chi connectivity index (χ2n) is 4.53. The molecular weight excluding hydrogens is 313 g/mol. The SMILES string of the molecule is Nc1nc2nc[nH]c2c(=O)n1CCc1ccc(Cl)c(Cl)c1. The molecular formula is C13H11Cl2N5O. The van der Waals surface area contributed by atoms with E-state index in [9.17, 15) is 4.79 Å². The normalized spacial score (nSPS) is 11.1. The van der Waals surface area contributed by atoms with Crippen molar-refractivity contribution in [2.75, 3.05) is 5.73 Å². The van der Waals surface area contributed by atoms with Gasteiger partial charge >= 0.3 is 0 Å². The summed E-state index contributed by atoms with van der Waals surface area (Å²) in [4.78, 5) is 23.1. The quantitative estimate of drug-likeness (QED) is 0.773. The average molecular weight is 324 g/mol. The fraction of sp³-hybridized carbons (Fsp3) is 0.154. The van der Waals surface area contributed by atoms with Crippen molar-refractivity contribution in [3.05, 3.63) is 50.5 Å². The number of imidazole rings is 1. The predicted octanol–water partition coefficient (Wildman–Crippen LogP) is 2.25. The largest absolute Gasteiger partial charge is 0.369 e. The number of rotatable bonds is 3. The average Bonchev–Trinajstić information content (AvgIpc) is 2.90. The molecule has 0 saturated carbocycles. The third-order valence-corrected chi connectivity index (χ3v) is 3.92. The zero-order valence-electron chi connectivity index (χ0n) is 10.8. The van der Waals surface area contributed by atoms with Gasteiger partial charge in [0.25, 0.3) is 5.56 Å². The van der Waals surface area contributed by atoms with Crippen LogP contribution in [0.25, 0.3) is 11.2 Å². The van der Waals surface area contributed by atoms with Gasteiger partial charge in [0.2, 0.25) is 5.95 Å². The fourth-order valence-corrected chi connectivity index (χ4v) is 2.41. The summed E-state index contributed by atoms with van der Waals surface area (Å²) in [5.74, 6) is 0.139. The second kappa shape index (κ2) is 5.38. The standard InChI is InChI=1S/C13H11Cl2N5O/c14-8-2-1-7(5-9(8)15)3-4-20-12(21)10-11(18-6-17-10)19-13(20)16/h1-2,5-6H,3-4H2,(H2,16,19)(H,17,18). The molecule has 0 unspecified atom stereocenters. The van der Waals surface area contributed by atoms with E-state index in [1.807, 2.05) is 6.07 Å². The molecule has 0 radical (unpaired) electrons. The third kappa shape index (κ3) is 2.59. The van der Waals surface area contributed by atoms with Gasteiger partial charge in [-0.25, -0.2) is 4.98 Å². The highest BCUT2D eigenvalue weighted by Gasteiger charge is 2.10. The van der Waals surface area contributed by atoms with Crippen LogP contribution >= 0.6 is 23.2 Å². The lowest BCUT2D eigenvalue weighted by Gasteiger charge is -2.09. The highest BCUT2D eigenvalue weighted by Crippen LogP contribution is 2.23. The number of aromatic nitrogens is 4. The Hall–Kier alpha value is -2.05. The number of aromatic amines is 1. The first-order valence-electron chi connectivity index (χ1n) is 6.19. The maximum Gasteiger partial charge on any atom is 0.280 e. The van der Waals surface area contributed by atoms with Crippen molar-refractivity contribution in [3.63, 3.8) is 0 Å². The van der Waals surface area contributed by atoms with Crippen LogP contribution in [0.1, 0.15) is 5.56 Å². The maximum absolute atomic E-state index is 12.3. The molecule has 6 nitrogen and oxygen atoms in total. The Kier molecular flexibility index (Phi) is 3.57. The molecule has 2 aromatic heterocycles. The van der Waals surface area contributed by atoms with Gasteiger partial charge in [0.1, 0.15) is 0 Å². The molecule has 3 N–H and O–H groups in total. The number of nitrogens with two attached hydrogens (primary N) is 1. The third-order valence-electron chi connectivity index (χ3n) is 3.18. The van der Waals surface area contributed by atoms with Crippen molar-refractivity contribution < 1.29 is 0 Å². The molecule has 0 aliphatic rings. The van der Waals surface area contributed by atoms with Crippen LogP contribution < -0.4 is 11.3 Å². The van der Waals surface area contributed by atoms with Gasteiger partial charge in [0.05, 0.1) is 16.4 Å². The molecule has 0 bridgehead atoms. The lowest BCUT2D eigenvalue weighted by Crippen LogP contribution is -2.25. The molecule has 0 atom stereocenters. The van der Waals surface area contributed by atoms with Gasteiger partial charge in [0.15, 0.2) is 11.2 Å². The van der Waals surface area contributed by atoms with E-state index in [1.54, 1.807) is 12.1 Å². The van der Waals surface area contributed by atoms with Crippen LogP contribution in [-0.4, -0.2) is 19.5 Å². The number of hydrogen-bond acceptors (Lipinski definition) is 4. The van der Waals surface area contributed by atoms with Crippen LogP contribution in [0.4, 0.5) is 5.95 Å². The van der Waals surface area contributed by atoms with Crippen molar-refractivity contribution in [1.82, 2.24) is 19.5 Å². The molecule has 0 aliphatic carbocycles. The first kappa shape index (κ1) is 13.9. The predicted molar refractivity (Wildman–Crippen MR) is 82.7 cm³/mol. The minimum absolute atomic E-state index is 0.139. The first-order chi connectivity index (χ1) is 10.1. The van der Waals surface area contributed by atoms with Crippen LogP contribution in [0.15, 0.2) is 29.3 Å². The molecule has 0 amide bonds. The number of nitrogen functional groups attached to an aromatic ring is 1. The van der Waals surface area contributed by atoms with Gasteiger partial charge in [-0.3, -0.25) is 9.36 Å². The molecule has 0 fully saturated rings. The number of benzene rings is 1. The molecule has 1 aromatic carbocycles. The van der Waals surface area contributed by atoms with E-state index in [4.69, 9.17) is 28.9 Å². The number of hydrogen-bond donors (Lipinski definition) is 2. The van der Waals surface area contributed by atoms with E-state index in [0.717, 1.165) is 5.56 Å². The Morgan fingerprint density at radius 2 is 2.10 bits per heavy atom. The highest BCUT2D eigenvalue weighted by atomic mass is 35.5. The molecule has 8 heteroatoms. The van der Waals surface area contributed by atoms with Gasteiger partial charge in [-0.1, -0.05) is 29.3 Å². The van der Waals surface area contributed by atoms with Crippen LogP contribution in [0.3, 0.4) is 0 Å². The lowest BCUT2D eigenvalue weighted by atomic mass is 10.1. The summed E-state index contributed by atoms with van der Waals surface area (Å²) < 4.78 is 1.41. The number of aryl methyl sites for hydroxylation is 1. The van der Waals surface area contributed by atoms with Crippen molar-refractivity contribution in [1.29, 1.82) is 0 Å². The molecule has 2 heterocycles. The number of H-pyrrole nitrogens is 1. The fourth-order valence-electron chi connectivity index (χ4n) is 2.09. The monoisotopic (exact) mass is 323 g/mol. The van der Waals surface area contributed by atoms with Crippen LogP contribution in [0, 0.1) is 0 Å². The number of halogens is 2. The zero-order valence-corrected chi connectivity index (χ0v) is 12.3. The molecule has 21 heavy (non-hydrogen) atoms. The van der Waals surface area contributed by atoms with Crippen LogP contribution in [0.5, 0.6) is 0 Å². The van der Waals surface area contributed by atoms with Crippen molar-refractivity contribution in [3.8, 4) is 0 Å². The summed E-state index contributed by atoms with van der Waals surface area (Å²) in [7, 11) is 0. The Labute approximate surface area is 129 Å². The van der Waals surface area contributed by atoms with E-state index < -0.39 is 0 Å². The van der Waals surface area contributed by atoms with Gasteiger partial charge < -0.3 is 10.7 Å². The second-order valence-corrected chi connectivity index (χ2v) is 5.34. The minimum atomic E-state index is -0.241. The summed E-state index contributed by atoms with van der Waals surface area (Å²) in [5.41, 5.74) is 7.20. The van der Waals surface area contributed by atoms with Gasteiger partial charge in [-0.05, 0) is 24.1 Å². The first-order valence-corrected chi connectivity index (χ1v) is 6.95. The lowest BCUT2D eigenvalue weighted by molar-refractivity contribution is 0.673. The zero-order chi connectivity index (χ0) is 15.0. The summed E-state index contributed by atoms with van der Waals surface area (Å²) in [6, 6.07) is 5.35. The molecule has 0 aliphatic heterocycles. The topological polar surface area (TPSA) is 89.6 Å². The molecule has 0 saturated heterocycles. The highest BCUT2D eigenvalue weighted by molar-refractivity contribution is 6.42. The molecule has 0 spiro atoms. The number of fused-ring (bicyclic) bond motifs is 1. The van der Waals surface area contributed by atoms with E-state index in [0.29, 0.717) is 34.2 Å². The van der Waals surface area contributed by atoms with E-state index in [2.05, 4.69) is 15.0 Å². The maximum atomic E-state index is 12.3. The Bertz CT molecular complexity index is 871.